The average molecular weight is 387 g/mol. The molecule has 1 heterocycles. The molecule has 0 aliphatic rings. The van der Waals surface area contributed by atoms with Crippen molar-refractivity contribution in [3.63, 3.8) is 0 Å². The Bertz CT molecular complexity index is 1380. The summed E-state index contributed by atoms with van der Waals surface area (Å²) in [4.78, 5) is 3.38. The third-order valence-corrected chi connectivity index (χ3v) is 5.24. The summed E-state index contributed by atoms with van der Waals surface area (Å²) >= 11 is 6.52. The van der Waals surface area contributed by atoms with Crippen molar-refractivity contribution in [1.82, 2.24) is 9.55 Å². The zero-order chi connectivity index (χ0) is 19.1. The van der Waals surface area contributed by atoms with E-state index in [1.807, 2.05) is 60.7 Å². The molecule has 4 aromatic carbocycles. The second kappa shape index (κ2) is 6.70. The van der Waals surface area contributed by atoms with E-state index in [4.69, 9.17) is 11.6 Å². The van der Waals surface area contributed by atoms with Gasteiger partial charge in [0.05, 0.1) is 27.1 Å². The minimum atomic E-state index is -0.304. The van der Waals surface area contributed by atoms with Crippen LogP contribution in [0.4, 0.5) is 4.39 Å². The fourth-order valence-electron chi connectivity index (χ4n) is 3.70. The van der Waals surface area contributed by atoms with Gasteiger partial charge in [0.2, 0.25) is 0 Å². The number of rotatable bonds is 1. The highest BCUT2D eigenvalue weighted by atomic mass is 35.5. The molecule has 0 saturated heterocycles. The van der Waals surface area contributed by atoms with E-state index >= 15 is 0 Å². The maximum Gasteiger partial charge on any atom is 0.125 e. The topological polar surface area (TPSA) is 20.7 Å². The molecule has 0 atom stereocenters. The summed E-state index contributed by atoms with van der Waals surface area (Å²) in [5.41, 5.74) is 4.29. The van der Waals surface area contributed by atoms with E-state index < -0.39 is 0 Å². The van der Waals surface area contributed by atoms with Crippen molar-refractivity contribution in [1.29, 1.82) is 0 Å². The molecule has 0 aliphatic carbocycles. The Morgan fingerprint density at radius 2 is 1.46 bits per heavy atom. The summed E-state index contributed by atoms with van der Waals surface area (Å²) in [7, 11) is 0. The Labute approximate surface area is 166 Å². The number of hydrogen-bond donors (Lipinski definition) is 1. The van der Waals surface area contributed by atoms with Crippen LogP contribution in [-0.2, 0) is 0 Å². The first-order chi connectivity index (χ1) is 13.7. The molecule has 0 unspecified atom stereocenters. The Kier molecular flexibility index (Phi) is 4.03. The number of aromatic amines is 1. The van der Waals surface area contributed by atoms with Gasteiger partial charge in [0.15, 0.2) is 0 Å². The van der Waals surface area contributed by atoms with Crippen LogP contribution in [0.3, 0.4) is 0 Å². The molecule has 4 heteroatoms. The van der Waals surface area contributed by atoms with Crippen LogP contribution in [-0.4, -0.2) is 9.55 Å². The van der Waals surface area contributed by atoms with E-state index in [9.17, 15) is 4.39 Å². The smallest absolute Gasteiger partial charge is 0.125 e. The zero-order valence-electron chi connectivity index (χ0n) is 14.9. The molecule has 1 aromatic heterocycles. The number of nitrogens with zero attached hydrogens (tertiary/aromatic N) is 1. The van der Waals surface area contributed by atoms with Gasteiger partial charge in [0.1, 0.15) is 5.82 Å². The van der Waals surface area contributed by atoms with Crippen LogP contribution in [0, 0.1) is 5.82 Å². The largest absolute Gasteiger partial charge is 0.352 e. The third kappa shape index (κ3) is 2.72. The van der Waals surface area contributed by atoms with Gasteiger partial charge in [-0.1, -0.05) is 60.1 Å². The molecular formula is C24H16ClFN2. The van der Waals surface area contributed by atoms with Gasteiger partial charge in [-0.3, -0.25) is 0 Å². The first kappa shape index (κ1) is 16.8. The van der Waals surface area contributed by atoms with Gasteiger partial charge in [-0.25, -0.2) is 4.39 Å². The maximum absolute atomic E-state index is 14.1. The number of nitrogens with one attached hydrogen (secondary N) is 1. The molecule has 0 aliphatic heterocycles. The van der Waals surface area contributed by atoms with E-state index in [1.165, 1.54) is 12.1 Å². The average Bonchev–Trinajstić information content (AvgIpc) is 2.71. The molecule has 2 nitrogen and oxygen atoms in total. The van der Waals surface area contributed by atoms with Crippen LogP contribution in [0.5, 0.6) is 0 Å². The van der Waals surface area contributed by atoms with Crippen molar-refractivity contribution in [2.75, 3.05) is 0 Å². The lowest BCUT2D eigenvalue weighted by molar-refractivity contribution is 0.629. The third-order valence-electron chi connectivity index (χ3n) is 4.92. The lowest BCUT2D eigenvalue weighted by atomic mass is 10.1. The number of fused-ring (bicyclic) bond motifs is 4. The maximum atomic E-state index is 14.1. The SMILES string of the molecule is Fc1ccc2c(c1)[nH]c1c(Cl)cccc1c1ccccc1n2-c1ccccc1. The molecular weight excluding hydrogens is 371 g/mol. The predicted octanol–water partition coefficient (Wildman–Crippen LogP) is 7.18. The van der Waals surface area contributed by atoms with Crippen molar-refractivity contribution in [3.05, 3.63) is 102 Å². The monoisotopic (exact) mass is 386 g/mol. The summed E-state index contributed by atoms with van der Waals surface area (Å²) in [6.45, 7) is 0. The zero-order valence-corrected chi connectivity index (χ0v) is 15.6. The molecule has 5 aromatic rings. The Balaban J connectivity index is 2.16. The Morgan fingerprint density at radius 1 is 0.714 bits per heavy atom. The van der Waals surface area contributed by atoms with Crippen LogP contribution >= 0.6 is 11.6 Å². The summed E-state index contributed by atoms with van der Waals surface area (Å²) < 4.78 is 16.3. The summed E-state index contributed by atoms with van der Waals surface area (Å²) in [6, 6.07) is 28.8. The lowest BCUT2D eigenvalue weighted by Crippen LogP contribution is -1.99. The lowest BCUT2D eigenvalue weighted by Gasteiger charge is -2.15. The standard InChI is InChI=1S/C24H16ClFN2/c25-20-11-6-10-19-18-9-4-5-12-22(18)28(17-7-2-1-3-8-17)23-14-13-16(26)15-21(23)27-24(19)20/h1-15,27H. The molecule has 0 fully saturated rings. The molecule has 1 N–H and O–H groups in total. The molecule has 136 valence electrons. The number of benzene rings is 4. The first-order valence-electron chi connectivity index (χ1n) is 9.02. The number of H-pyrrole nitrogens is 1. The van der Waals surface area contributed by atoms with E-state index in [-0.39, 0.29) is 5.82 Å². The second-order valence-electron chi connectivity index (χ2n) is 6.64. The fourth-order valence-corrected chi connectivity index (χ4v) is 3.92. The molecule has 0 spiro atoms. The van der Waals surface area contributed by atoms with Crippen LogP contribution in [0.2, 0.25) is 5.02 Å². The van der Waals surface area contributed by atoms with Gasteiger partial charge in [0.25, 0.3) is 0 Å². The fraction of sp³-hybridized carbons (Fsp3) is 0. The van der Waals surface area contributed by atoms with Crippen LogP contribution < -0.4 is 0 Å². The van der Waals surface area contributed by atoms with Crippen LogP contribution in [0.25, 0.3) is 38.5 Å². The number of hydrogen-bond acceptors (Lipinski definition) is 0. The highest BCUT2D eigenvalue weighted by molar-refractivity contribution is 6.35. The molecule has 0 radical (unpaired) electrons. The van der Waals surface area contributed by atoms with Gasteiger partial charge >= 0.3 is 0 Å². The van der Waals surface area contributed by atoms with Crippen molar-refractivity contribution >= 4 is 44.4 Å². The molecule has 28 heavy (non-hydrogen) atoms. The van der Waals surface area contributed by atoms with Gasteiger partial charge in [-0.15, -0.1) is 0 Å². The summed E-state index contributed by atoms with van der Waals surface area (Å²) in [5.74, 6) is -0.304. The minimum absolute atomic E-state index is 0.304. The number of para-hydroxylation sites is 3. The van der Waals surface area contributed by atoms with E-state index in [0.717, 1.165) is 33.0 Å². The minimum Gasteiger partial charge on any atom is -0.352 e. The number of aromatic nitrogens is 2. The van der Waals surface area contributed by atoms with Gasteiger partial charge in [-0.05, 0) is 42.5 Å². The molecule has 0 amide bonds. The Morgan fingerprint density at radius 3 is 2.32 bits per heavy atom. The molecule has 0 bridgehead atoms. The highest BCUT2D eigenvalue weighted by Crippen LogP contribution is 2.30. The quantitative estimate of drug-likeness (QED) is 0.315. The van der Waals surface area contributed by atoms with Gasteiger partial charge in [-0.2, -0.15) is 0 Å². The highest BCUT2D eigenvalue weighted by Gasteiger charge is 2.09. The predicted molar refractivity (Wildman–Crippen MR) is 115 cm³/mol. The number of halogens is 2. The van der Waals surface area contributed by atoms with E-state index in [0.29, 0.717) is 10.5 Å². The van der Waals surface area contributed by atoms with Gasteiger partial charge in [0, 0.05) is 16.5 Å². The normalized spacial score (nSPS) is 11.2. The van der Waals surface area contributed by atoms with E-state index in [2.05, 4.69) is 21.7 Å². The van der Waals surface area contributed by atoms with Crippen LogP contribution in [0.15, 0.2) is 91.0 Å². The molecule has 0 saturated carbocycles. The van der Waals surface area contributed by atoms with Crippen molar-refractivity contribution in [2.45, 2.75) is 0 Å². The Hall–Kier alpha value is -3.30. The second-order valence-corrected chi connectivity index (χ2v) is 7.04. The first-order valence-corrected chi connectivity index (χ1v) is 9.40. The van der Waals surface area contributed by atoms with Gasteiger partial charge < -0.3 is 9.55 Å². The van der Waals surface area contributed by atoms with E-state index in [1.54, 1.807) is 6.07 Å². The van der Waals surface area contributed by atoms with Crippen LogP contribution in [0.1, 0.15) is 0 Å². The summed E-state index contributed by atoms with van der Waals surface area (Å²) in [5, 5.41) is 2.61. The summed E-state index contributed by atoms with van der Waals surface area (Å²) in [6.07, 6.45) is 0. The molecule has 5 rings (SSSR count). The van der Waals surface area contributed by atoms with Crippen molar-refractivity contribution < 1.29 is 4.39 Å². The van der Waals surface area contributed by atoms with Crippen molar-refractivity contribution in [2.24, 2.45) is 0 Å². The van der Waals surface area contributed by atoms with Crippen molar-refractivity contribution in [3.8, 4) is 5.69 Å².